The van der Waals surface area contributed by atoms with Crippen LogP contribution < -0.4 is 5.32 Å². The van der Waals surface area contributed by atoms with Crippen molar-refractivity contribution in [2.75, 3.05) is 31.6 Å². The summed E-state index contributed by atoms with van der Waals surface area (Å²) >= 11 is 0. The number of morpholine rings is 1. The molecule has 0 atom stereocenters. The lowest BCUT2D eigenvalue weighted by molar-refractivity contribution is 0.0729. The van der Waals surface area contributed by atoms with Crippen LogP contribution in [0.5, 0.6) is 0 Å². The van der Waals surface area contributed by atoms with E-state index in [0.717, 1.165) is 17.8 Å². The van der Waals surface area contributed by atoms with Crippen molar-refractivity contribution in [2.24, 2.45) is 0 Å². The van der Waals surface area contributed by atoms with Crippen molar-refractivity contribution in [2.45, 2.75) is 4.90 Å². The number of ether oxygens (including phenoxy) is 1. The first kappa shape index (κ1) is 20.3. The van der Waals surface area contributed by atoms with Crippen LogP contribution in [0.15, 0.2) is 71.9 Å². The maximum Gasteiger partial charge on any atom is 0.255 e. The lowest BCUT2D eigenvalue weighted by Crippen LogP contribution is -2.40. The zero-order chi connectivity index (χ0) is 21.1. The van der Waals surface area contributed by atoms with Gasteiger partial charge in [0.05, 0.1) is 13.2 Å². The molecule has 0 bridgehead atoms. The first-order chi connectivity index (χ1) is 14.4. The standard InChI is InChI=1S/C21H20FN3O4S/c22-19-8-5-17(15-20(19)30(27,28)25-11-13-29-14-12-25)23-21(26)16-3-6-18(7-4-16)24-9-1-2-10-24/h1-10,15H,11-14H2,(H,23,26). The molecular formula is C21H20FN3O4S. The molecule has 3 aromatic rings. The van der Waals surface area contributed by atoms with E-state index in [0.29, 0.717) is 5.56 Å². The lowest BCUT2D eigenvalue weighted by Gasteiger charge is -2.26. The highest BCUT2D eigenvalue weighted by Gasteiger charge is 2.29. The van der Waals surface area contributed by atoms with E-state index in [-0.39, 0.29) is 32.0 Å². The number of carbonyl (C=O) groups excluding carboxylic acids is 1. The number of carbonyl (C=O) groups is 1. The number of anilines is 1. The van der Waals surface area contributed by atoms with Crippen LogP contribution in [0.4, 0.5) is 10.1 Å². The first-order valence-electron chi connectivity index (χ1n) is 9.37. The van der Waals surface area contributed by atoms with Gasteiger partial charge in [0, 0.05) is 42.4 Å². The summed E-state index contributed by atoms with van der Waals surface area (Å²) in [6, 6.07) is 14.3. The second-order valence-corrected chi connectivity index (χ2v) is 8.66. The van der Waals surface area contributed by atoms with Gasteiger partial charge in [0.1, 0.15) is 10.7 Å². The molecule has 1 saturated heterocycles. The fraction of sp³-hybridized carbons (Fsp3) is 0.190. The molecular weight excluding hydrogens is 409 g/mol. The summed E-state index contributed by atoms with van der Waals surface area (Å²) in [7, 11) is -4.02. The highest BCUT2D eigenvalue weighted by atomic mass is 32.2. The van der Waals surface area contributed by atoms with Crippen molar-refractivity contribution in [1.82, 2.24) is 8.87 Å². The molecule has 9 heteroatoms. The first-order valence-corrected chi connectivity index (χ1v) is 10.8. The van der Waals surface area contributed by atoms with Gasteiger partial charge in [-0.05, 0) is 54.6 Å². The van der Waals surface area contributed by atoms with E-state index < -0.39 is 26.6 Å². The van der Waals surface area contributed by atoms with Gasteiger partial charge in [-0.15, -0.1) is 0 Å². The van der Waals surface area contributed by atoms with Gasteiger partial charge in [0.2, 0.25) is 10.0 Å². The van der Waals surface area contributed by atoms with E-state index in [4.69, 9.17) is 4.74 Å². The van der Waals surface area contributed by atoms with Gasteiger partial charge in [0.15, 0.2) is 0 Å². The zero-order valence-corrected chi connectivity index (χ0v) is 16.8. The largest absolute Gasteiger partial charge is 0.379 e. The third kappa shape index (κ3) is 4.13. The Morgan fingerprint density at radius 3 is 2.33 bits per heavy atom. The molecule has 30 heavy (non-hydrogen) atoms. The van der Waals surface area contributed by atoms with Crippen molar-refractivity contribution < 1.29 is 22.3 Å². The van der Waals surface area contributed by atoms with Crippen molar-refractivity contribution >= 4 is 21.6 Å². The summed E-state index contributed by atoms with van der Waals surface area (Å²) < 4.78 is 48.1. The van der Waals surface area contributed by atoms with Gasteiger partial charge >= 0.3 is 0 Å². The molecule has 7 nitrogen and oxygen atoms in total. The smallest absolute Gasteiger partial charge is 0.255 e. The minimum atomic E-state index is -4.02. The quantitative estimate of drug-likeness (QED) is 0.676. The average Bonchev–Trinajstić information content (AvgIpc) is 3.31. The van der Waals surface area contributed by atoms with Crippen molar-refractivity contribution in [1.29, 1.82) is 0 Å². The third-order valence-corrected chi connectivity index (χ3v) is 6.72. The molecule has 1 N–H and O–H groups in total. The van der Waals surface area contributed by atoms with E-state index >= 15 is 0 Å². The Morgan fingerprint density at radius 2 is 1.67 bits per heavy atom. The number of aromatic nitrogens is 1. The topological polar surface area (TPSA) is 80.6 Å². The van der Waals surface area contributed by atoms with E-state index in [9.17, 15) is 17.6 Å². The number of benzene rings is 2. The van der Waals surface area contributed by atoms with E-state index in [2.05, 4.69) is 5.32 Å². The fourth-order valence-electron chi connectivity index (χ4n) is 3.20. The molecule has 1 aliphatic heterocycles. The molecule has 1 aliphatic rings. The molecule has 4 rings (SSSR count). The maximum absolute atomic E-state index is 14.3. The monoisotopic (exact) mass is 429 g/mol. The third-order valence-electron chi connectivity index (χ3n) is 4.81. The summed E-state index contributed by atoms with van der Waals surface area (Å²) in [6.07, 6.45) is 3.79. The summed E-state index contributed by atoms with van der Waals surface area (Å²) in [5.41, 5.74) is 1.49. The van der Waals surface area contributed by atoms with Crippen LogP contribution >= 0.6 is 0 Å². The SMILES string of the molecule is O=C(Nc1ccc(F)c(S(=O)(=O)N2CCOCC2)c1)c1ccc(-n2cccc2)cc1. The Labute approximate surface area is 173 Å². The minimum Gasteiger partial charge on any atom is -0.379 e. The van der Waals surface area contributed by atoms with E-state index in [1.807, 2.05) is 29.1 Å². The number of amides is 1. The molecule has 2 heterocycles. The second-order valence-electron chi connectivity index (χ2n) is 6.75. The van der Waals surface area contributed by atoms with Crippen LogP contribution in [0.1, 0.15) is 10.4 Å². The van der Waals surface area contributed by atoms with Crippen LogP contribution in [-0.4, -0.2) is 49.5 Å². The number of rotatable bonds is 5. The Balaban J connectivity index is 1.53. The van der Waals surface area contributed by atoms with E-state index in [1.165, 1.54) is 10.4 Å². The predicted molar refractivity (Wildman–Crippen MR) is 110 cm³/mol. The number of nitrogens with one attached hydrogen (secondary N) is 1. The molecule has 2 aromatic carbocycles. The summed E-state index contributed by atoms with van der Waals surface area (Å²) in [6.45, 7) is 0.838. The van der Waals surface area contributed by atoms with Gasteiger partial charge in [0.25, 0.3) is 5.91 Å². The highest BCUT2D eigenvalue weighted by Crippen LogP contribution is 2.24. The van der Waals surface area contributed by atoms with Crippen LogP contribution in [0.2, 0.25) is 0 Å². The number of sulfonamides is 1. The second kappa shape index (κ2) is 8.39. The molecule has 0 unspecified atom stereocenters. The molecule has 0 spiro atoms. The summed E-state index contributed by atoms with van der Waals surface area (Å²) in [5, 5.41) is 2.64. The number of hydrogen-bond acceptors (Lipinski definition) is 4. The zero-order valence-electron chi connectivity index (χ0n) is 16.0. The Bertz CT molecular complexity index is 1140. The van der Waals surface area contributed by atoms with Crippen LogP contribution in [-0.2, 0) is 14.8 Å². The van der Waals surface area contributed by atoms with E-state index in [1.54, 1.807) is 24.3 Å². The van der Waals surface area contributed by atoms with Gasteiger partial charge in [-0.3, -0.25) is 4.79 Å². The summed E-state index contributed by atoms with van der Waals surface area (Å²) in [5.74, 6) is -1.29. The summed E-state index contributed by atoms with van der Waals surface area (Å²) in [4.78, 5) is 12.1. The van der Waals surface area contributed by atoms with Crippen LogP contribution in [0, 0.1) is 5.82 Å². The van der Waals surface area contributed by atoms with Gasteiger partial charge in [-0.1, -0.05) is 0 Å². The predicted octanol–water partition coefficient (Wildman–Crippen LogP) is 2.89. The molecule has 1 fully saturated rings. The number of hydrogen-bond donors (Lipinski definition) is 1. The number of nitrogens with zero attached hydrogens (tertiary/aromatic N) is 2. The van der Waals surface area contributed by atoms with Gasteiger partial charge in [-0.2, -0.15) is 4.31 Å². The normalized spacial score (nSPS) is 15.1. The highest BCUT2D eigenvalue weighted by molar-refractivity contribution is 7.89. The van der Waals surface area contributed by atoms with Crippen LogP contribution in [0.25, 0.3) is 5.69 Å². The van der Waals surface area contributed by atoms with Crippen molar-refractivity contribution in [3.8, 4) is 5.69 Å². The lowest BCUT2D eigenvalue weighted by atomic mass is 10.2. The average molecular weight is 429 g/mol. The van der Waals surface area contributed by atoms with Gasteiger partial charge in [-0.25, -0.2) is 12.8 Å². The minimum absolute atomic E-state index is 0.159. The maximum atomic E-state index is 14.3. The molecule has 1 aromatic heterocycles. The molecule has 156 valence electrons. The Hall–Kier alpha value is -3.01. The van der Waals surface area contributed by atoms with Crippen molar-refractivity contribution in [3.05, 3.63) is 78.4 Å². The van der Waals surface area contributed by atoms with Gasteiger partial charge < -0.3 is 14.6 Å². The van der Waals surface area contributed by atoms with Crippen LogP contribution in [0.3, 0.4) is 0 Å². The molecule has 0 radical (unpaired) electrons. The molecule has 0 saturated carbocycles. The molecule has 0 aliphatic carbocycles. The fourth-order valence-corrected chi connectivity index (χ4v) is 4.70. The Morgan fingerprint density at radius 1 is 1.00 bits per heavy atom. The number of halogens is 1. The molecule has 1 amide bonds. The Kier molecular flexibility index (Phi) is 5.67. The van der Waals surface area contributed by atoms with Crippen molar-refractivity contribution in [3.63, 3.8) is 0 Å².